The van der Waals surface area contributed by atoms with Gasteiger partial charge in [0.25, 0.3) is 0 Å². The first-order valence-electron chi connectivity index (χ1n) is 5.89. The molecule has 2 N–H and O–H groups in total. The topological polar surface area (TPSA) is 59.0 Å². The Balaban J connectivity index is 2.15. The van der Waals surface area contributed by atoms with Gasteiger partial charge in [0.2, 0.25) is 0 Å². The monoisotopic (exact) mass is 272 g/mol. The maximum Gasteiger partial charge on any atom is 0.146 e. The lowest BCUT2D eigenvalue weighted by Crippen LogP contribution is -2.02. The minimum atomic E-state index is 0.421. The van der Waals surface area contributed by atoms with Crippen LogP contribution >= 0.6 is 11.6 Å². The molecule has 2 aromatic rings. The Morgan fingerprint density at radius 2 is 1.89 bits per heavy atom. The number of ether oxygens (including phenoxy) is 1. The van der Waals surface area contributed by atoms with Gasteiger partial charge in [0.05, 0.1) is 16.7 Å². The van der Waals surface area contributed by atoms with Gasteiger partial charge in [-0.05, 0) is 48.9 Å². The van der Waals surface area contributed by atoms with Crippen LogP contribution < -0.4 is 10.5 Å². The molecular formula is C15H13ClN2O. The highest BCUT2D eigenvalue weighted by Gasteiger charge is 2.04. The van der Waals surface area contributed by atoms with Crippen LogP contribution in [0.5, 0.6) is 11.5 Å². The molecule has 96 valence electrons. The van der Waals surface area contributed by atoms with Gasteiger partial charge in [-0.2, -0.15) is 5.26 Å². The SMILES string of the molecule is N#Cc1ccc(Oc2ccc(CCN)cc2)c(Cl)c1. The lowest BCUT2D eigenvalue weighted by Gasteiger charge is -2.08. The number of halogens is 1. The molecule has 0 aliphatic heterocycles. The molecule has 3 nitrogen and oxygen atoms in total. The summed E-state index contributed by atoms with van der Waals surface area (Å²) in [7, 11) is 0. The molecule has 0 saturated carbocycles. The second-order valence-corrected chi connectivity index (χ2v) is 4.45. The van der Waals surface area contributed by atoms with Gasteiger partial charge in [-0.15, -0.1) is 0 Å². The lowest BCUT2D eigenvalue weighted by molar-refractivity contribution is 0.482. The molecule has 0 bridgehead atoms. The van der Waals surface area contributed by atoms with Gasteiger partial charge in [-0.3, -0.25) is 0 Å². The predicted octanol–water partition coefficient (Wildman–Crippen LogP) is 3.51. The minimum Gasteiger partial charge on any atom is -0.456 e. The summed E-state index contributed by atoms with van der Waals surface area (Å²) >= 11 is 6.05. The molecule has 0 saturated heterocycles. The van der Waals surface area contributed by atoms with E-state index in [-0.39, 0.29) is 0 Å². The van der Waals surface area contributed by atoms with Crippen molar-refractivity contribution in [2.75, 3.05) is 6.54 Å². The summed E-state index contributed by atoms with van der Waals surface area (Å²) in [6.07, 6.45) is 0.845. The van der Waals surface area contributed by atoms with Crippen molar-refractivity contribution in [3.63, 3.8) is 0 Å². The van der Waals surface area contributed by atoms with Crippen LogP contribution in [0.15, 0.2) is 42.5 Å². The first kappa shape index (κ1) is 13.4. The van der Waals surface area contributed by atoms with Gasteiger partial charge in [0.15, 0.2) is 0 Å². The molecular weight excluding hydrogens is 260 g/mol. The van der Waals surface area contributed by atoms with E-state index >= 15 is 0 Å². The normalized spacial score (nSPS) is 9.95. The van der Waals surface area contributed by atoms with E-state index in [2.05, 4.69) is 0 Å². The summed E-state index contributed by atoms with van der Waals surface area (Å²) in [5.74, 6) is 1.24. The maximum absolute atomic E-state index is 8.76. The molecule has 2 rings (SSSR count). The lowest BCUT2D eigenvalue weighted by atomic mass is 10.1. The zero-order chi connectivity index (χ0) is 13.7. The summed E-state index contributed by atoms with van der Waals surface area (Å²) < 4.78 is 5.67. The van der Waals surface area contributed by atoms with Crippen molar-refractivity contribution in [2.24, 2.45) is 5.73 Å². The van der Waals surface area contributed by atoms with Crippen molar-refractivity contribution < 1.29 is 4.74 Å². The van der Waals surface area contributed by atoms with E-state index in [0.717, 1.165) is 6.42 Å². The summed E-state index contributed by atoms with van der Waals surface area (Å²) in [5, 5.41) is 9.19. The molecule has 0 aromatic heterocycles. The maximum atomic E-state index is 8.76. The van der Waals surface area contributed by atoms with E-state index in [0.29, 0.717) is 28.6 Å². The van der Waals surface area contributed by atoms with Gasteiger partial charge in [0.1, 0.15) is 11.5 Å². The van der Waals surface area contributed by atoms with Crippen LogP contribution in [-0.2, 0) is 6.42 Å². The highest BCUT2D eigenvalue weighted by atomic mass is 35.5. The molecule has 0 fully saturated rings. The van der Waals surface area contributed by atoms with Crippen LogP contribution in [0.1, 0.15) is 11.1 Å². The Kier molecular flexibility index (Phi) is 4.40. The Morgan fingerprint density at radius 3 is 2.47 bits per heavy atom. The summed E-state index contributed by atoms with van der Waals surface area (Å²) in [5.41, 5.74) is 7.17. The van der Waals surface area contributed by atoms with Crippen LogP contribution in [0.2, 0.25) is 5.02 Å². The second-order valence-electron chi connectivity index (χ2n) is 4.04. The van der Waals surface area contributed by atoms with Crippen molar-refractivity contribution in [1.82, 2.24) is 0 Å². The molecule has 0 amide bonds. The second kappa shape index (κ2) is 6.24. The van der Waals surface area contributed by atoms with Crippen LogP contribution in [0.4, 0.5) is 0 Å². The number of hydrogen-bond acceptors (Lipinski definition) is 3. The molecule has 0 aliphatic carbocycles. The van der Waals surface area contributed by atoms with E-state index in [9.17, 15) is 0 Å². The molecule has 2 aromatic carbocycles. The third kappa shape index (κ3) is 3.47. The predicted molar refractivity (Wildman–Crippen MR) is 75.4 cm³/mol. The van der Waals surface area contributed by atoms with Gasteiger partial charge in [-0.25, -0.2) is 0 Å². The Morgan fingerprint density at radius 1 is 1.16 bits per heavy atom. The first-order valence-corrected chi connectivity index (χ1v) is 6.27. The number of nitrogens with zero attached hydrogens (tertiary/aromatic N) is 1. The average molecular weight is 273 g/mol. The van der Waals surface area contributed by atoms with Gasteiger partial charge >= 0.3 is 0 Å². The van der Waals surface area contributed by atoms with Gasteiger partial charge in [0, 0.05) is 0 Å². The molecule has 0 unspecified atom stereocenters. The first-order chi connectivity index (χ1) is 9.22. The van der Waals surface area contributed by atoms with Gasteiger partial charge in [-0.1, -0.05) is 23.7 Å². The van der Waals surface area contributed by atoms with E-state index in [4.69, 9.17) is 27.3 Å². The molecule has 19 heavy (non-hydrogen) atoms. The van der Waals surface area contributed by atoms with Crippen molar-refractivity contribution in [1.29, 1.82) is 5.26 Å². The van der Waals surface area contributed by atoms with Crippen molar-refractivity contribution in [2.45, 2.75) is 6.42 Å². The number of hydrogen-bond donors (Lipinski definition) is 1. The van der Waals surface area contributed by atoms with Crippen LogP contribution in [0.3, 0.4) is 0 Å². The summed E-state index contributed by atoms with van der Waals surface area (Å²) in [6.45, 7) is 0.627. The third-order valence-electron chi connectivity index (χ3n) is 2.65. The minimum absolute atomic E-state index is 0.421. The quantitative estimate of drug-likeness (QED) is 0.927. The van der Waals surface area contributed by atoms with Crippen LogP contribution in [-0.4, -0.2) is 6.54 Å². The molecule has 4 heteroatoms. The third-order valence-corrected chi connectivity index (χ3v) is 2.94. The van der Waals surface area contributed by atoms with Gasteiger partial charge < -0.3 is 10.5 Å². The van der Waals surface area contributed by atoms with Crippen LogP contribution in [0, 0.1) is 11.3 Å². The average Bonchev–Trinajstić information content (AvgIpc) is 2.43. The van der Waals surface area contributed by atoms with E-state index in [1.807, 2.05) is 30.3 Å². The summed E-state index contributed by atoms with van der Waals surface area (Å²) in [6, 6.07) is 14.7. The van der Waals surface area contributed by atoms with Crippen molar-refractivity contribution >= 4 is 11.6 Å². The summed E-state index contributed by atoms with van der Waals surface area (Å²) in [4.78, 5) is 0. The van der Waals surface area contributed by atoms with E-state index in [1.165, 1.54) is 5.56 Å². The molecule has 0 atom stereocenters. The fourth-order valence-electron chi connectivity index (χ4n) is 1.67. The molecule has 0 spiro atoms. The standard InChI is InChI=1S/C15H13ClN2O/c16-14-9-12(10-18)3-6-15(14)19-13-4-1-11(2-5-13)7-8-17/h1-6,9H,7-8,17H2. The molecule has 0 radical (unpaired) electrons. The largest absolute Gasteiger partial charge is 0.456 e. The Labute approximate surface area is 117 Å². The smallest absolute Gasteiger partial charge is 0.146 e. The zero-order valence-electron chi connectivity index (χ0n) is 10.3. The van der Waals surface area contributed by atoms with E-state index in [1.54, 1.807) is 18.2 Å². The molecule has 0 aliphatic rings. The number of rotatable bonds is 4. The molecule has 0 heterocycles. The highest BCUT2D eigenvalue weighted by Crippen LogP contribution is 2.30. The van der Waals surface area contributed by atoms with Crippen molar-refractivity contribution in [3.8, 4) is 17.6 Å². The number of benzene rings is 2. The fourth-order valence-corrected chi connectivity index (χ4v) is 1.89. The van der Waals surface area contributed by atoms with E-state index < -0.39 is 0 Å². The highest BCUT2D eigenvalue weighted by molar-refractivity contribution is 6.32. The Bertz CT molecular complexity index is 603. The zero-order valence-corrected chi connectivity index (χ0v) is 11.0. The van der Waals surface area contributed by atoms with Crippen LogP contribution in [0.25, 0.3) is 0 Å². The number of nitrogens with two attached hydrogens (primary N) is 1. The Hall–Kier alpha value is -2.02. The fraction of sp³-hybridized carbons (Fsp3) is 0.133. The van der Waals surface area contributed by atoms with Crippen molar-refractivity contribution in [3.05, 3.63) is 58.6 Å². The number of nitriles is 1.